The maximum atomic E-state index is 11.3. The Morgan fingerprint density at radius 3 is 2.37 bits per heavy atom. The van der Waals surface area contributed by atoms with E-state index in [2.05, 4.69) is 0 Å². The maximum Gasteiger partial charge on any atom is 0.336 e. The van der Waals surface area contributed by atoms with Crippen LogP contribution in [-0.2, 0) is 0 Å². The van der Waals surface area contributed by atoms with E-state index < -0.39 is 11.9 Å². The van der Waals surface area contributed by atoms with Crippen molar-refractivity contribution in [1.29, 1.82) is 0 Å². The zero-order chi connectivity index (χ0) is 14.0. The first-order valence-corrected chi connectivity index (χ1v) is 6.09. The Labute approximate surface area is 110 Å². The van der Waals surface area contributed by atoms with Crippen LogP contribution in [0.15, 0.2) is 18.2 Å². The number of carbonyl (C=O) groups excluding carboxylic acids is 1. The van der Waals surface area contributed by atoms with Crippen LogP contribution >= 0.6 is 0 Å². The van der Waals surface area contributed by atoms with E-state index in [1.54, 1.807) is 6.07 Å². The average Bonchev–Trinajstić information content (AvgIpc) is 2.38. The number of aromatic carboxylic acids is 1. The predicted octanol–water partition coefficient (Wildman–Crippen LogP) is 0.445. The van der Waals surface area contributed by atoms with Crippen LogP contribution < -0.4 is 10.6 Å². The molecule has 6 heteroatoms. The summed E-state index contributed by atoms with van der Waals surface area (Å²) in [4.78, 5) is 24.3. The molecule has 1 amide bonds. The summed E-state index contributed by atoms with van der Waals surface area (Å²) < 4.78 is 0. The third-order valence-corrected chi connectivity index (χ3v) is 3.33. The standard InChI is InChI=1S/C13H16N2O4/c14-12(17)11-7-8(1-2-10(11)13(18)19)15-5-3-9(16)4-6-15/h1-2,7,9,16H,3-6H2,(H2,14,17)(H,18,19). The molecule has 0 unspecified atom stereocenters. The lowest BCUT2D eigenvalue weighted by atomic mass is 10.0. The second-order valence-corrected chi connectivity index (χ2v) is 4.62. The Kier molecular flexibility index (Phi) is 3.71. The Hall–Kier alpha value is -2.08. The number of carboxylic acid groups (broad SMARTS) is 1. The summed E-state index contributed by atoms with van der Waals surface area (Å²) in [5.41, 5.74) is 5.89. The molecule has 4 N–H and O–H groups in total. The molecule has 6 nitrogen and oxygen atoms in total. The van der Waals surface area contributed by atoms with Crippen molar-refractivity contribution in [3.63, 3.8) is 0 Å². The molecule has 1 aromatic rings. The van der Waals surface area contributed by atoms with E-state index in [0.717, 1.165) is 5.69 Å². The van der Waals surface area contributed by atoms with E-state index in [0.29, 0.717) is 25.9 Å². The summed E-state index contributed by atoms with van der Waals surface area (Å²) in [5.74, 6) is -1.93. The number of primary amides is 1. The first-order chi connectivity index (χ1) is 8.99. The lowest BCUT2D eigenvalue weighted by Crippen LogP contribution is -2.36. The van der Waals surface area contributed by atoms with Gasteiger partial charge in [-0.15, -0.1) is 0 Å². The minimum absolute atomic E-state index is 0.0103. The molecule has 0 bridgehead atoms. The van der Waals surface area contributed by atoms with Crippen molar-refractivity contribution < 1.29 is 19.8 Å². The average molecular weight is 264 g/mol. The van der Waals surface area contributed by atoms with E-state index >= 15 is 0 Å². The normalized spacial score (nSPS) is 16.4. The molecule has 0 atom stereocenters. The van der Waals surface area contributed by atoms with Crippen LogP contribution in [0.25, 0.3) is 0 Å². The highest BCUT2D eigenvalue weighted by atomic mass is 16.4. The number of aliphatic hydroxyl groups excluding tert-OH is 1. The van der Waals surface area contributed by atoms with Crippen LogP contribution in [0.1, 0.15) is 33.6 Å². The van der Waals surface area contributed by atoms with Crippen LogP contribution in [0.4, 0.5) is 5.69 Å². The van der Waals surface area contributed by atoms with Gasteiger partial charge in [0.15, 0.2) is 0 Å². The number of piperidine rings is 1. The highest BCUT2D eigenvalue weighted by Crippen LogP contribution is 2.23. The van der Waals surface area contributed by atoms with Gasteiger partial charge in [0.1, 0.15) is 0 Å². The topological polar surface area (TPSA) is 104 Å². The molecule has 0 saturated carbocycles. The molecular weight excluding hydrogens is 248 g/mol. The molecule has 1 aliphatic rings. The zero-order valence-electron chi connectivity index (χ0n) is 10.4. The van der Waals surface area contributed by atoms with Crippen LogP contribution in [0.2, 0.25) is 0 Å². The number of nitrogens with zero attached hydrogens (tertiary/aromatic N) is 1. The van der Waals surface area contributed by atoms with E-state index in [9.17, 15) is 14.7 Å². The molecule has 0 aliphatic carbocycles. The Balaban J connectivity index is 2.30. The molecule has 1 heterocycles. The van der Waals surface area contributed by atoms with Gasteiger partial charge >= 0.3 is 5.97 Å². The van der Waals surface area contributed by atoms with Gasteiger partial charge in [0.2, 0.25) is 5.91 Å². The second-order valence-electron chi connectivity index (χ2n) is 4.62. The number of anilines is 1. The molecule has 19 heavy (non-hydrogen) atoms. The molecular formula is C13H16N2O4. The Bertz CT molecular complexity index is 507. The van der Waals surface area contributed by atoms with Crippen molar-refractivity contribution >= 4 is 17.6 Å². The van der Waals surface area contributed by atoms with Gasteiger partial charge in [-0.05, 0) is 31.0 Å². The summed E-state index contributed by atoms with van der Waals surface area (Å²) in [5, 5.41) is 18.5. The van der Waals surface area contributed by atoms with E-state index in [1.807, 2.05) is 4.90 Å². The van der Waals surface area contributed by atoms with E-state index in [1.165, 1.54) is 12.1 Å². The molecule has 102 valence electrons. The number of carboxylic acids is 1. The molecule has 1 fully saturated rings. The van der Waals surface area contributed by atoms with Crippen molar-refractivity contribution in [3.05, 3.63) is 29.3 Å². The monoisotopic (exact) mass is 264 g/mol. The molecule has 0 radical (unpaired) electrons. The fourth-order valence-electron chi connectivity index (χ4n) is 2.24. The quantitative estimate of drug-likeness (QED) is 0.735. The molecule has 1 aliphatic heterocycles. The molecule has 1 aromatic carbocycles. The van der Waals surface area contributed by atoms with E-state index in [4.69, 9.17) is 10.8 Å². The van der Waals surface area contributed by atoms with Crippen molar-refractivity contribution in [1.82, 2.24) is 0 Å². The van der Waals surface area contributed by atoms with Crippen LogP contribution in [0.5, 0.6) is 0 Å². The van der Waals surface area contributed by atoms with Gasteiger partial charge in [-0.2, -0.15) is 0 Å². The smallest absolute Gasteiger partial charge is 0.336 e. The molecule has 0 spiro atoms. The van der Waals surface area contributed by atoms with Crippen molar-refractivity contribution in [2.75, 3.05) is 18.0 Å². The van der Waals surface area contributed by atoms with Gasteiger partial charge in [-0.25, -0.2) is 4.79 Å². The minimum Gasteiger partial charge on any atom is -0.478 e. The van der Waals surface area contributed by atoms with Crippen molar-refractivity contribution in [2.45, 2.75) is 18.9 Å². The van der Waals surface area contributed by atoms with Gasteiger partial charge in [-0.1, -0.05) is 0 Å². The Morgan fingerprint density at radius 2 is 1.84 bits per heavy atom. The first kappa shape index (κ1) is 13.4. The molecule has 0 aromatic heterocycles. The van der Waals surface area contributed by atoms with Crippen LogP contribution in [0.3, 0.4) is 0 Å². The van der Waals surface area contributed by atoms with Gasteiger partial charge in [0.05, 0.1) is 17.2 Å². The lowest BCUT2D eigenvalue weighted by molar-refractivity contribution is 0.0692. The minimum atomic E-state index is -1.17. The SMILES string of the molecule is NC(=O)c1cc(N2CCC(O)CC2)ccc1C(=O)O. The molecule has 2 rings (SSSR count). The number of hydrogen-bond donors (Lipinski definition) is 3. The number of carbonyl (C=O) groups is 2. The number of nitrogens with two attached hydrogens (primary N) is 1. The van der Waals surface area contributed by atoms with Crippen LogP contribution in [0, 0.1) is 0 Å². The first-order valence-electron chi connectivity index (χ1n) is 6.09. The maximum absolute atomic E-state index is 11.3. The molecule has 1 saturated heterocycles. The van der Waals surface area contributed by atoms with Crippen molar-refractivity contribution in [3.8, 4) is 0 Å². The summed E-state index contributed by atoms with van der Waals surface area (Å²) in [6.07, 6.45) is 1.03. The number of hydrogen-bond acceptors (Lipinski definition) is 4. The van der Waals surface area contributed by atoms with Crippen molar-refractivity contribution in [2.24, 2.45) is 5.73 Å². The predicted molar refractivity (Wildman–Crippen MR) is 69.4 cm³/mol. The van der Waals surface area contributed by atoms with E-state index in [-0.39, 0.29) is 17.2 Å². The lowest BCUT2D eigenvalue weighted by Gasteiger charge is -2.31. The van der Waals surface area contributed by atoms with Gasteiger partial charge < -0.3 is 20.8 Å². The zero-order valence-corrected chi connectivity index (χ0v) is 10.4. The fourth-order valence-corrected chi connectivity index (χ4v) is 2.24. The highest BCUT2D eigenvalue weighted by molar-refractivity contribution is 6.04. The van der Waals surface area contributed by atoms with Gasteiger partial charge in [0, 0.05) is 18.8 Å². The number of rotatable bonds is 3. The van der Waals surface area contributed by atoms with Gasteiger partial charge in [-0.3, -0.25) is 4.79 Å². The number of benzene rings is 1. The summed E-state index contributed by atoms with van der Waals surface area (Å²) in [6.45, 7) is 1.34. The Morgan fingerprint density at radius 1 is 1.21 bits per heavy atom. The second kappa shape index (κ2) is 5.27. The third-order valence-electron chi connectivity index (χ3n) is 3.33. The number of amides is 1. The largest absolute Gasteiger partial charge is 0.478 e. The highest BCUT2D eigenvalue weighted by Gasteiger charge is 2.20. The summed E-state index contributed by atoms with van der Waals surface area (Å²) >= 11 is 0. The summed E-state index contributed by atoms with van der Waals surface area (Å²) in [6, 6.07) is 4.56. The fraction of sp³-hybridized carbons (Fsp3) is 0.385. The van der Waals surface area contributed by atoms with Gasteiger partial charge in [0.25, 0.3) is 0 Å². The van der Waals surface area contributed by atoms with Crippen LogP contribution in [-0.4, -0.2) is 41.3 Å². The third kappa shape index (κ3) is 2.85. The number of aliphatic hydroxyl groups is 1. The summed E-state index contributed by atoms with van der Waals surface area (Å²) in [7, 11) is 0.